The quantitative estimate of drug-likeness (QED) is 0.860. The van der Waals surface area contributed by atoms with Crippen LogP contribution in [0.15, 0.2) is 12.1 Å². The van der Waals surface area contributed by atoms with Crippen LogP contribution in [0.4, 0.5) is 10.1 Å². The predicted molar refractivity (Wildman–Crippen MR) is 63.0 cm³/mol. The number of rotatable bonds is 2. The Morgan fingerprint density at radius 1 is 1.38 bits per heavy atom. The van der Waals surface area contributed by atoms with Crippen LogP contribution in [0.25, 0.3) is 0 Å². The van der Waals surface area contributed by atoms with Crippen LogP contribution in [0.5, 0.6) is 5.75 Å². The van der Waals surface area contributed by atoms with E-state index in [1.165, 1.54) is 13.2 Å². The van der Waals surface area contributed by atoms with Crippen LogP contribution in [0, 0.1) is 5.82 Å². The topological polar surface area (TPSA) is 24.5 Å². The first-order valence-corrected chi connectivity index (χ1v) is 5.59. The lowest BCUT2D eigenvalue weighted by atomic mass is 10.2. The van der Waals surface area contributed by atoms with Crippen LogP contribution in [0.1, 0.15) is 0 Å². The van der Waals surface area contributed by atoms with Crippen molar-refractivity contribution in [2.45, 2.75) is 0 Å². The van der Waals surface area contributed by atoms with Crippen LogP contribution in [0.2, 0.25) is 5.02 Å². The molecule has 1 aromatic rings. The fraction of sp³-hybridized carbons (Fsp3) is 0.455. The number of piperazine rings is 1. The lowest BCUT2D eigenvalue weighted by Gasteiger charge is -2.30. The van der Waals surface area contributed by atoms with Gasteiger partial charge in [0.1, 0.15) is 11.6 Å². The molecule has 3 nitrogen and oxygen atoms in total. The molecule has 0 saturated carbocycles. The number of halogens is 2. The standard InChI is InChI=1S/C11H14ClFN2O/c1-16-11-7-9(13)8(12)6-10(11)15-4-2-14-3-5-15/h6-7,14H,2-5H2,1H3. The monoisotopic (exact) mass is 244 g/mol. The zero-order chi connectivity index (χ0) is 11.5. The van der Waals surface area contributed by atoms with E-state index >= 15 is 0 Å². The molecule has 0 bridgehead atoms. The summed E-state index contributed by atoms with van der Waals surface area (Å²) < 4.78 is 18.4. The summed E-state index contributed by atoms with van der Waals surface area (Å²) in [5, 5.41) is 3.39. The highest BCUT2D eigenvalue weighted by Gasteiger charge is 2.17. The number of hydrogen-bond acceptors (Lipinski definition) is 3. The van der Waals surface area contributed by atoms with Gasteiger partial charge in [-0.25, -0.2) is 4.39 Å². The Morgan fingerprint density at radius 3 is 2.69 bits per heavy atom. The number of ether oxygens (including phenoxy) is 1. The number of hydrogen-bond donors (Lipinski definition) is 1. The van der Waals surface area contributed by atoms with Gasteiger partial charge in [0, 0.05) is 32.2 Å². The molecule has 88 valence electrons. The summed E-state index contributed by atoms with van der Waals surface area (Å²) in [6.07, 6.45) is 0. The van der Waals surface area contributed by atoms with E-state index in [-0.39, 0.29) is 5.02 Å². The number of benzene rings is 1. The molecule has 1 N–H and O–H groups in total. The van der Waals surface area contributed by atoms with Gasteiger partial charge in [0.05, 0.1) is 17.8 Å². The van der Waals surface area contributed by atoms with Crippen LogP contribution in [0.3, 0.4) is 0 Å². The van der Waals surface area contributed by atoms with Gasteiger partial charge in [-0.2, -0.15) is 0 Å². The van der Waals surface area contributed by atoms with Gasteiger partial charge in [-0.3, -0.25) is 0 Å². The first-order chi connectivity index (χ1) is 7.72. The van der Waals surface area contributed by atoms with Gasteiger partial charge in [-0.15, -0.1) is 0 Å². The van der Waals surface area contributed by atoms with Gasteiger partial charge in [0.2, 0.25) is 0 Å². The summed E-state index contributed by atoms with van der Waals surface area (Å²) in [5.74, 6) is 0.0844. The van der Waals surface area contributed by atoms with E-state index in [1.54, 1.807) is 6.07 Å². The first kappa shape index (κ1) is 11.5. The lowest BCUT2D eigenvalue weighted by Crippen LogP contribution is -2.43. The highest BCUT2D eigenvalue weighted by atomic mass is 35.5. The summed E-state index contributed by atoms with van der Waals surface area (Å²) in [4.78, 5) is 2.14. The van der Waals surface area contributed by atoms with E-state index in [4.69, 9.17) is 16.3 Å². The zero-order valence-electron chi connectivity index (χ0n) is 9.09. The summed E-state index contributed by atoms with van der Waals surface area (Å²) >= 11 is 5.79. The maximum Gasteiger partial charge on any atom is 0.145 e. The molecule has 1 aromatic carbocycles. The average Bonchev–Trinajstić information content (AvgIpc) is 2.33. The minimum absolute atomic E-state index is 0.134. The minimum atomic E-state index is -0.447. The van der Waals surface area contributed by atoms with Gasteiger partial charge in [0.25, 0.3) is 0 Å². The van der Waals surface area contributed by atoms with Crippen LogP contribution in [-0.2, 0) is 0 Å². The zero-order valence-corrected chi connectivity index (χ0v) is 9.85. The maximum atomic E-state index is 13.3. The molecule has 0 spiro atoms. The van der Waals surface area contributed by atoms with E-state index in [0.717, 1.165) is 31.9 Å². The smallest absolute Gasteiger partial charge is 0.145 e. The third-order valence-electron chi connectivity index (χ3n) is 2.68. The molecule has 5 heteroatoms. The van der Waals surface area contributed by atoms with Crippen molar-refractivity contribution in [3.63, 3.8) is 0 Å². The number of nitrogens with zero attached hydrogens (tertiary/aromatic N) is 1. The van der Waals surface area contributed by atoms with Crippen molar-refractivity contribution in [2.24, 2.45) is 0 Å². The van der Waals surface area contributed by atoms with Crippen LogP contribution in [-0.4, -0.2) is 33.3 Å². The molecule has 1 heterocycles. The Labute approximate surface area is 99.1 Å². The molecule has 1 aliphatic heterocycles. The van der Waals surface area contributed by atoms with Crippen molar-refractivity contribution in [1.82, 2.24) is 5.32 Å². The number of methoxy groups -OCH3 is 1. The lowest BCUT2D eigenvalue weighted by molar-refractivity contribution is 0.409. The first-order valence-electron chi connectivity index (χ1n) is 5.21. The molecule has 0 radical (unpaired) electrons. The van der Waals surface area contributed by atoms with Gasteiger partial charge >= 0.3 is 0 Å². The minimum Gasteiger partial charge on any atom is -0.494 e. The van der Waals surface area contributed by atoms with E-state index in [9.17, 15) is 4.39 Å². The Bertz CT molecular complexity index is 380. The second-order valence-corrected chi connectivity index (χ2v) is 4.08. The molecule has 1 saturated heterocycles. The molecule has 0 amide bonds. The Morgan fingerprint density at radius 2 is 2.06 bits per heavy atom. The highest BCUT2D eigenvalue weighted by molar-refractivity contribution is 6.31. The molecule has 0 aliphatic carbocycles. The average molecular weight is 245 g/mol. The van der Waals surface area contributed by atoms with Crippen LogP contribution < -0.4 is 15.0 Å². The second-order valence-electron chi connectivity index (χ2n) is 3.68. The summed E-state index contributed by atoms with van der Waals surface area (Å²) in [6.45, 7) is 3.58. The number of anilines is 1. The van der Waals surface area contributed by atoms with E-state index in [0.29, 0.717) is 5.75 Å². The van der Waals surface area contributed by atoms with E-state index in [2.05, 4.69) is 10.2 Å². The molecule has 0 aromatic heterocycles. The second kappa shape index (κ2) is 4.89. The van der Waals surface area contributed by atoms with Crippen molar-refractivity contribution in [2.75, 3.05) is 38.2 Å². The number of nitrogens with one attached hydrogen (secondary N) is 1. The van der Waals surface area contributed by atoms with Crippen molar-refractivity contribution >= 4 is 17.3 Å². The molecule has 0 atom stereocenters. The molecule has 16 heavy (non-hydrogen) atoms. The molecule has 2 rings (SSSR count). The molecular formula is C11H14ClFN2O. The van der Waals surface area contributed by atoms with Crippen molar-refractivity contribution < 1.29 is 9.13 Å². The Balaban J connectivity index is 2.33. The summed E-state index contributed by atoms with van der Waals surface area (Å²) in [7, 11) is 1.54. The largest absolute Gasteiger partial charge is 0.494 e. The Hall–Kier alpha value is -1.00. The van der Waals surface area contributed by atoms with E-state index < -0.39 is 5.82 Å². The van der Waals surface area contributed by atoms with E-state index in [1.807, 2.05) is 0 Å². The SMILES string of the molecule is COc1cc(F)c(Cl)cc1N1CCNCC1. The predicted octanol–water partition coefficient (Wildman–Crippen LogP) is 1.90. The fourth-order valence-electron chi connectivity index (χ4n) is 1.83. The Kier molecular flexibility index (Phi) is 3.51. The van der Waals surface area contributed by atoms with Crippen molar-refractivity contribution in [3.05, 3.63) is 23.0 Å². The molecule has 1 fully saturated rings. The van der Waals surface area contributed by atoms with Crippen molar-refractivity contribution in [1.29, 1.82) is 0 Å². The normalized spacial score (nSPS) is 16.3. The summed E-state index contributed by atoms with van der Waals surface area (Å²) in [5.41, 5.74) is 0.857. The third-order valence-corrected chi connectivity index (χ3v) is 2.97. The molecule has 0 unspecified atom stereocenters. The van der Waals surface area contributed by atoms with Gasteiger partial charge in [-0.05, 0) is 6.07 Å². The summed E-state index contributed by atoms with van der Waals surface area (Å²) in [6, 6.07) is 2.96. The van der Waals surface area contributed by atoms with Crippen molar-refractivity contribution in [3.8, 4) is 5.75 Å². The molecular weight excluding hydrogens is 231 g/mol. The third kappa shape index (κ3) is 2.23. The highest BCUT2D eigenvalue weighted by Crippen LogP contribution is 2.33. The van der Waals surface area contributed by atoms with Gasteiger partial charge in [0.15, 0.2) is 0 Å². The van der Waals surface area contributed by atoms with Gasteiger partial charge in [-0.1, -0.05) is 11.6 Å². The fourth-order valence-corrected chi connectivity index (χ4v) is 1.99. The van der Waals surface area contributed by atoms with Gasteiger partial charge < -0.3 is 15.0 Å². The van der Waals surface area contributed by atoms with Crippen LogP contribution >= 0.6 is 11.6 Å². The molecule has 1 aliphatic rings. The maximum absolute atomic E-state index is 13.3.